The molecule has 0 radical (unpaired) electrons. The zero-order valence-electron chi connectivity index (χ0n) is 9.81. The van der Waals surface area contributed by atoms with Crippen molar-refractivity contribution in [3.8, 4) is 17.2 Å². The second kappa shape index (κ2) is 4.29. The maximum absolute atomic E-state index is 11.2. The molecule has 0 bridgehead atoms. The number of hydrogen-bond acceptors (Lipinski definition) is 6. The highest BCUT2D eigenvalue weighted by molar-refractivity contribution is 7.81. The van der Waals surface area contributed by atoms with Crippen LogP contribution in [0.15, 0.2) is 45.6 Å². The lowest BCUT2D eigenvalue weighted by Gasteiger charge is -2.06. The first kappa shape index (κ1) is 12.6. The Kier molecular flexibility index (Phi) is 2.70. The van der Waals surface area contributed by atoms with Gasteiger partial charge in [-0.1, -0.05) is 0 Å². The molecule has 0 unspecified atom stereocenters. The minimum absolute atomic E-state index is 0.122. The topological polar surface area (TPSA) is 107 Å². The summed E-state index contributed by atoms with van der Waals surface area (Å²) in [5.41, 5.74) is 0.955. The Labute approximate surface area is 112 Å². The summed E-state index contributed by atoms with van der Waals surface area (Å²) in [6.45, 7) is 0. The van der Waals surface area contributed by atoms with Gasteiger partial charge >= 0.3 is 10.4 Å². The van der Waals surface area contributed by atoms with Crippen LogP contribution in [-0.2, 0) is 10.4 Å². The van der Waals surface area contributed by atoms with Crippen LogP contribution in [-0.4, -0.2) is 18.0 Å². The second-order valence-electron chi connectivity index (χ2n) is 3.98. The number of benzene rings is 2. The van der Waals surface area contributed by atoms with Gasteiger partial charge in [0.25, 0.3) is 0 Å². The third kappa shape index (κ3) is 2.46. The summed E-state index contributed by atoms with van der Waals surface area (Å²) in [6.07, 6.45) is 0. The molecule has 1 N–H and O–H groups in total. The minimum Gasteiger partial charge on any atom is -0.453 e. The summed E-state index contributed by atoms with van der Waals surface area (Å²) in [5.74, 6) is 0.150. The predicted molar refractivity (Wildman–Crippen MR) is 69.1 cm³/mol. The van der Waals surface area contributed by atoms with Gasteiger partial charge in [0.1, 0.15) is 17.0 Å². The van der Waals surface area contributed by atoms with Gasteiger partial charge in [-0.05, 0) is 24.3 Å². The molecule has 0 fully saturated rings. The maximum atomic E-state index is 11.2. The second-order valence-corrected chi connectivity index (χ2v) is 5.01. The Morgan fingerprint density at radius 3 is 2.70 bits per heavy atom. The van der Waals surface area contributed by atoms with E-state index in [9.17, 15) is 13.2 Å². The fraction of sp³-hybridized carbons (Fsp3) is 0. The van der Waals surface area contributed by atoms with E-state index in [1.807, 2.05) is 0 Å². The molecule has 1 aliphatic heterocycles. The highest BCUT2D eigenvalue weighted by atomic mass is 32.3. The molecule has 8 heteroatoms. The van der Waals surface area contributed by atoms with Crippen LogP contribution in [0.25, 0.3) is 22.6 Å². The highest BCUT2D eigenvalue weighted by Crippen LogP contribution is 2.26. The normalized spacial score (nSPS) is 11.8. The van der Waals surface area contributed by atoms with Crippen LogP contribution in [0.5, 0.6) is 5.75 Å². The van der Waals surface area contributed by atoms with Crippen molar-refractivity contribution in [2.75, 3.05) is 0 Å². The smallest absolute Gasteiger partial charge is 0.446 e. The fourth-order valence-corrected chi connectivity index (χ4v) is 2.11. The van der Waals surface area contributed by atoms with Crippen molar-refractivity contribution in [1.82, 2.24) is 4.98 Å². The standard InChI is InChI=1S/C12H7NO6S/c14-7-1-3-9-11(5-7)18-12-6-8(19-20(15,16)17)2-4-10(12)13-9/h1-6H,(H,15,16,17). The highest BCUT2D eigenvalue weighted by Gasteiger charge is 2.12. The molecule has 3 rings (SSSR count). The van der Waals surface area contributed by atoms with Gasteiger partial charge in [0.2, 0.25) is 0 Å². The minimum atomic E-state index is -4.61. The number of hydrogen-bond donors (Lipinski definition) is 1. The molecular weight excluding hydrogens is 286 g/mol. The molecule has 0 spiro atoms. The summed E-state index contributed by atoms with van der Waals surface area (Å²) in [4.78, 5) is 15.5. The van der Waals surface area contributed by atoms with E-state index < -0.39 is 10.4 Å². The molecule has 7 nitrogen and oxygen atoms in total. The van der Waals surface area contributed by atoms with Crippen molar-refractivity contribution in [3.05, 3.63) is 46.6 Å². The predicted octanol–water partition coefficient (Wildman–Crippen LogP) is 1.47. The van der Waals surface area contributed by atoms with E-state index in [2.05, 4.69) is 9.17 Å². The monoisotopic (exact) mass is 293 g/mol. The number of rotatable bonds is 2. The molecule has 20 heavy (non-hydrogen) atoms. The van der Waals surface area contributed by atoms with Crippen molar-refractivity contribution in [2.24, 2.45) is 0 Å². The molecule has 102 valence electrons. The van der Waals surface area contributed by atoms with Gasteiger partial charge in [-0.25, -0.2) is 4.98 Å². The average molecular weight is 293 g/mol. The number of aromatic nitrogens is 1. The van der Waals surface area contributed by atoms with E-state index >= 15 is 0 Å². The van der Waals surface area contributed by atoms with E-state index in [0.717, 1.165) is 0 Å². The lowest BCUT2D eigenvalue weighted by atomic mass is 10.2. The van der Waals surface area contributed by atoms with Gasteiger partial charge in [-0.3, -0.25) is 9.35 Å². The van der Waals surface area contributed by atoms with Gasteiger partial charge in [-0.2, -0.15) is 8.42 Å². The third-order valence-corrected chi connectivity index (χ3v) is 2.93. The van der Waals surface area contributed by atoms with Crippen LogP contribution in [0.2, 0.25) is 0 Å². The van der Waals surface area contributed by atoms with Crippen LogP contribution in [0.3, 0.4) is 0 Å². The van der Waals surface area contributed by atoms with E-state index in [0.29, 0.717) is 11.2 Å². The Morgan fingerprint density at radius 1 is 1.15 bits per heavy atom. The zero-order chi connectivity index (χ0) is 14.3. The Morgan fingerprint density at radius 2 is 1.95 bits per heavy atom. The fourth-order valence-electron chi connectivity index (χ4n) is 1.76. The summed E-state index contributed by atoms with van der Waals surface area (Å²) in [6, 6.07) is 8.23. The molecular formula is C12H7NO6S. The van der Waals surface area contributed by atoms with Gasteiger partial charge in [0, 0.05) is 12.1 Å². The first-order chi connectivity index (χ1) is 9.40. The van der Waals surface area contributed by atoms with Crippen LogP contribution >= 0.6 is 0 Å². The van der Waals surface area contributed by atoms with E-state index in [1.165, 1.54) is 36.4 Å². The van der Waals surface area contributed by atoms with Crippen molar-refractivity contribution in [3.63, 3.8) is 0 Å². The molecule has 0 atom stereocenters. The summed E-state index contributed by atoms with van der Waals surface area (Å²) >= 11 is 0. The van der Waals surface area contributed by atoms with Gasteiger partial charge in [0.05, 0.1) is 0 Å². The van der Waals surface area contributed by atoms with E-state index in [-0.39, 0.29) is 22.5 Å². The molecule has 1 aromatic carbocycles. The maximum Gasteiger partial charge on any atom is 0.446 e. The van der Waals surface area contributed by atoms with Crippen LogP contribution in [0.1, 0.15) is 0 Å². The quantitative estimate of drug-likeness (QED) is 0.563. The van der Waals surface area contributed by atoms with E-state index in [4.69, 9.17) is 8.97 Å². The van der Waals surface area contributed by atoms with Gasteiger partial charge in [0.15, 0.2) is 16.8 Å². The van der Waals surface area contributed by atoms with Gasteiger partial charge in [-0.15, -0.1) is 0 Å². The molecule has 1 heterocycles. The number of nitrogens with zero attached hydrogens (tertiary/aromatic N) is 1. The molecule has 0 amide bonds. The van der Waals surface area contributed by atoms with Crippen LogP contribution in [0, 0.1) is 0 Å². The molecule has 0 saturated carbocycles. The Hall–Kier alpha value is -2.45. The molecule has 1 aliphatic carbocycles. The van der Waals surface area contributed by atoms with Crippen molar-refractivity contribution in [1.29, 1.82) is 0 Å². The largest absolute Gasteiger partial charge is 0.453 e. The molecule has 0 saturated heterocycles. The van der Waals surface area contributed by atoms with Gasteiger partial charge < -0.3 is 8.60 Å². The van der Waals surface area contributed by atoms with Crippen LogP contribution in [0.4, 0.5) is 0 Å². The summed E-state index contributed by atoms with van der Waals surface area (Å²) < 4.78 is 39.7. The molecule has 2 aliphatic rings. The van der Waals surface area contributed by atoms with E-state index in [1.54, 1.807) is 0 Å². The Balaban J connectivity index is 2.21. The first-order valence-corrected chi connectivity index (χ1v) is 6.79. The lowest BCUT2D eigenvalue weighted by Crippen LogP contribution is -2.06. The van der Waals surface area contributed by atoms with Crippen molar-refractivity contribution in [2.45, 2.75) is 0 Å². The molecule has 1 aromatic rings. The third-order valence-electron chi connectivity index (χ3n) is 2.52. The Bertz CT molecular complexity index is 930. The SMILES string of the molecule is O=c1ccc2nc3ccc(OS(=O)(=O)O)cc3oc-2c1. The lowest BCUT2D eigenvalue weighted by molar-refractivity contribution is 0.387. The summed E-state index contributed by atoms with van der Waals surface area (Å²) in [7, 11) is -4.61. The number of fused-ring (bicyclic) bond motifs is 2. The van der Waals surface area contributed by atoms with Crippen LogP contribution < -0.4 is 9.61 Å². The molecule has 0 aromatic heterocycles. The summed E-state index contributed by atoms with van der Waals surface area (Å²) in [5, 5.41) is 0. The van der Waals surface area contributed by atoms with Crippen molar-refractivity contribution < 1.29 is 21.6 Å². The zero-order valence-corrected chi connectivity index (χ0v) is 10.6. The van der Waals surface area contributed by atoms with Crippen molar-refractivity contribution >= 4 is 21.5 Å². The average Bonchev–Trinajstić information content (AvgIpc) is 2.34. The first-order valence-electron chi connectivity index (χ1n) is 5.42.